The van der Waals surface area contributed by atoms with Crippen molar-refractivity contribution in [3.63, 3.8) is 0 Å². The van der Waals surface area contributed by atoms with Gasteiger partial charge in [0.2, 0.25) is 5.13 Å². The molecule has 2 aromatic heterocycles. The zero-order valence-corrected chi connectivity index (χ0v) is 20.2. The van der Waals surface area contributed by atoms with Gasteiger partial charge in [0.1, 0.15) is 0 Å². The van der Waals surface area contributed by atoms with E-state index in [1.807, 2.05) is 35.7 Å². The quantitative estimate of drug-likeness (QED) is 0.116. The smallest absolute Gasteiger partial charge is 0.295 e. The van der Waals surface area contributed by atoms with E-state index in [2.05, 4.69) is 20.3 Å². The van der Waals surface area contributed by atoms with E-state index < -0.39 is 10.5 Å². The molecule has 5 aromatic rings. The van der Waals surface area contributed by atoms with E-state index >= 15 is 0 Å². The number of carbonyl (C=O) groups is 1. The van der Waals surface area contributed by atoms with Crippen molar-refractivity contribution in [2.24, 2.45) is 10.2 Å². The number of nitrogens with zero attached hydrogens (tertiary/aromatic N) is 5. The highest BCUT2D eigenvalue weighted by atomic mass is 32.1. The van der Waals surface area contributed by atoms with Crippen LogP contribution < -0.4 is 5.56 Å². The van der Waals surface area contributed by atoms with Crippen LogP contribution in [0.5, 0.6) is 0 Å². The topological polar surface area (TPSA) is 136 Å². The molecule has 0 aliphatic heterocycles. The number of nitro groups is 1. The molecule has 0 spiro atoms. The number of nitrogens with one attached hydrogen (secondary N) is 1. The van der Waals surface area contributed by atoms with Gasteiger partial charge in [-0.05, 0) is 43.3 Å². The third-order valence-corrected chi connectivity index (χ3v) is 6.35. The van der Waals surface area contributed by atoms with Crippen LogP contribution in [0.2, 0.25) is 0 Å². The molecule has 10 nitrogen and oxygen atoms in total. The molecular weight excluding hydrogens is 492 g/mol. The zero-order valence-electron chi connectivity index (χ0n) is 19.4. The first-order chi connectivity index (χ1) is 17.9. The number of hydrogen-bond donors (Lipinski definition) is 1. The molecule has 0 bridgehead atoms. The summed E-state index contributed by atoms with van der Waals surface area (Å²) in [6.07, 6.45) is 0. The minimum absolute atomic E-state index is 0.0148. The molecule has 0 saturated heterocycles. The average molecular weight is 511 g/mol. The standard InChI is InChI=1S/C26H18N6O4S/c1-16(33)17-7-11-20(12-8-17)28-29-24-23(19-9-13-21(14-10-19)32(35)36)30-31(25(24)34)26-27-22(15-37-26)18-5-3-2-4-6-18/h2-15,30H,1H3. The second-order valence-corrected chi connectivity index (χ2v) is 8.80. The van der Waals surface area contributed by atoms with Gasteiger partial charge in [-0.25, -0.2) is 4.98 Å². The molecule has 0 aliphatic carbocycles. The fourth-order valence-electron chi connectivity index (χ4n) is 3.59. The number of Topliss-reactive ketones (excluding diaryl/α,β-unsaturated/α-hetero) is 1. The van der Waals surface area contributed by atoms with Crippen molar-refractivity contribution in [1.82, 2.24) is 14.8 Å². The molecule has 0 aliphatic rings. The van der Waals surface area contributed by atoms with Crippen molar-refractivity contribution in [3.8, 4) is 27.6 Å². The number of benzene rings is 3. The molecule has 182 valence electrons. The Morgan fingerprint density at radius 1 is 0.973 bits per heavy atom. The summed E-state index contributed by atoms with van der Waals surface area (Å²) in [4.78, 5) is 40.2. The molecule has 37 heavy (non-hydrogen) atoms. The number of aromatic nitrogens is 3. The van der Waals surface area contributed by atoms with Gasteiger partial charge < -0.3 is 0 Å². The Bertz CT molecular complexity index is 1680. The highest BCUT2D eigenvalue weighted by Gasteiger charge is 2.20. The second kappa shape index (κ2) is 9.91. The summed E-state index contributed by atoms with van der Waals surface area (Å²) in [7, 11) is 0. The number of thiazole rings is 1. The number of rotatable bonds is 7. The van der Waals surface area contributed by atoms with E-state index in [1.165, 1.54) is 47.2 Å². The van der Waals surface area contributed by atoms with Crippen molar-refractivity contribution in [1.29, 1.82) is 0 Å². The molecule has 0 fully saturated rings. The van der Waals surface area contributed by atoms with Crippen LogP contribution in [0, 0.1) is 10.1 Å². The third-order valence-electron chi connectivity index (χ3n) is 5.53. The number of non-ortho nitro benzene ring substituents is 1. The fraction of sp³-hybridized carbons (Fsp3) is 0.0385. The van der Waals surface area contributed by atoms with Crippen LogP contribution >= 0.6 is 11.3 Å². The van der Waals surface area contributed by atoms with Crippen molar-refractivity contribution in [2.45, 2.75) is 6.92 Å². The van der Waals surface area contributed by atoms with Gasteiger partial charge in [0.25, 0.3) is 5.69 Å². The number of ketones is 1. The molecule has 0 amide bonds. The van der Waals surface area contributed by atoms with Gasteiger partial charge in [0.15, 0.2) is 11.5 Å². The maximum absolute atomic E-state index is 13.4. The van der Waals surface area contributed by atoms with Crippen LogP contribution in [0.15, 0.2) is 99.3 Å². The average Bonchev–Trinajstić information content (AvgIpc) is 3.53. The first-order valence-corrected chi connectivity index (χ1v) is 11.9. The lowest BCUT2D eigenvalue weighted by atomic mass is 10.1. The lowest BCUT2D eigenvalue weighted by Gasteiger charge is -2.00. The van der Waals surface area contributed by atoms with Crippen LogP contribution in [0.1, 0.15) is 17.3 Å². The van der Waals surface area contributed by atoms with Gasteiger partial charge >= 0.3 is 5.56 Å². The van der Waals surface area contributed by atoms with Crippen LogP contribution in [0.3, 0.4) is 0 Å². The first kappa shape index (κ1) is 23.7. The van der Waals surface area contributed by atoms with Crippen molar-refractivity contribution in [3.05, 3.63) is 110 Å². The van der Waals surface area contributed by atoms with E-state index in [0.717, 1.165) is 5.56 Å². The van der Waals surface area contributed by atoms with Gasteiger partial charge in [-0.1, -0.05) is 30.3 Å². The highest BCUT2D eigenvalue weighted by Crippen LogP contribution is 2.31. The molecule has 0 unspecified atom stereocenters. The van der Waals surface area contributed by atoms with Crippen LogP contribution in [0.25, 0.3) is 27.6 Å². The molecule has 11 heteroatoms. The maximum atomic E-state index is 13.4. The first-order valence-electron chi connectivity index (χ1n) is 11.0. The summed E-state index contributed by atoms with van der Waals surface area (Å²) in [5.41, 5.74) is 2.92. The van der Waals surface area contributed by atoms with Gasteiger partial charge in [-0.3, -0.25) is 24.8 Å². The van der Waals surface area contributed by atoms with E-state index in [0.29, 0.717) is 33.3 Å². The lowest BCUT2D eigenvalue weighted by Crippen LogP contribution is -2.13. The van der Waals surface area contributed by atoms with E-state index in [-0.39, 0.29) is 17.2 Å². The third kappa shape index (κ3) is 4.88. The van der Waals surface area contributed by atoms with E-state index in [1.54, 1.807) is 24.3 Å². The number of azo groups is 1. The Morgan fingerprint density at radius 3 is 2.32 bits per heavy atom. The van der Waals surface area contributed by atoms with Gasteiger partial charge in [-0.2, -0.15) is 9.80 Å². The second-order valence-electron chi connectivity index (χ2n) is 7.96. The summed E-state index contributed by atoms with van der Waals surface area (Å²) >= 11 is 1.28. The summed E-state index contributed by atoms with van der Waals surface area (Å²) in [5.74, 6) is -0.0733. The molecule has 0 saturated carbocycles. The maximum Gasteiger partial charge on any atom is 0.301 e. The monoisotopic (exact) mass is 510 g/mol. The summed E-state index contributed by atoms with van der Waals surface area (Å²) in [6, 6.07) is 21.9. The van der Waals surface area contributed by atoms with Crippen molar-refractivity contribution >= 4 is 34.2 Å². The minimum Gasteiger partial charge on any atom is -0.295 e. The van der Waals surface area contributed by atoms with Crippen molar-refractivity contribution < 1.29 is 9.72 Å². The fourth-order valence-corrected chi connectivity index (χ4v) is 4.38. The Labute approximate surface area is 213 Å². The Balaban J connectivity index is 1.58. The molecule has 2 heterocycles. The SMILES string of the molecule is CC(=O)c1ccc(N=Nc2c(-c3ccc([N+](=O)[O-])cc3)[nH]n(-c3nc(-c4ccccc4)cs3)c2=O)cc1. The number of H-pyrrole nitrogens is 1. The van der Waals surface area contributed by atoms with Crippen LogP contribution in [-0.2, 0) is 0 Å². The van der Waals surface area contributed by atoms with Crippen molar-refractivity contribution in [2.75, 3.05) is 0 Å². The number of nitro benzene ring substituents is 1. The predicted molar refractivity (Wildman–Crippen MR) is 140 cm³/mol. The highest BCUT2D eigenvalue weighted by molar-refractivity contribution is 7.12. The molecule has 0 radical (unpaired) electrons. The van der Waals surface area contributed by atoms with Gasteiger partial charge in [0.05, 0.1) is 22.0 Å². The molecular formula is C26H18N6O4S. The number of hydrogen-bond acceptors (Lipinski definition) is 8. The van der Waals surface area contributed by atoms with Gasteiger partial charge in [-0.15, -0.1) is 16.5 Å². The summed E-state index contributed by atoms with van der Waals surface area (Å²) < 4.78 is 1.28. The van der Waals surface area contributed by atoms with E-state index in [9.17, 15) is 19.7 Å². The molecule has 5 rings (SSSR count). The number of carbonyl (C=O) groups excluding carboxylic acids is 1. The molecule has 1 N–H and O–H groups in total. The Hall–Kier alpha value is -5.03. The largest absolute Gasteiger partial charge is 0.301 e. The van der Waals surface area contributed by atoms with Crippen LogP contribution in [0.4, 0.5) is 17.1 Å². The predicted octanol–water partition coefficient (Wildman–Crippen LogP) is 6.48. The molecule has 0 atom stereocenters. The normalized spacial score (nSPS) is 11.2. The minimum atomic E-state index is -0.496. The lowest BCUT2D eigenvalue weighted by molar-refractivity contribution is -0.384. The van der Waals surface area contributed by atoms with Gasteiger partial charge in [0, 0.05) is 34.2 Å². The zero-order chi connectivity index (χ0) is 25.9. The van der Waals surface area contributed by atoms with Crippen LogP contribution in [-0.4, -0.2) is 25.5 Å². The molecule has 3 aromatic carbocycles. The summed E-state index contributed by atoms with van der Waals surface area (Å²) in [5, 5.41) is 24.8. The summed E-state index contributed by atoms with van der Waals surface area (Å²) in [6.45, 7) is 1.47. The number of aromatic amines is 1. The Morgan fingerprint density at radius 2 is 1.68 bits per heavy atom. The Kier molecular flexibility index (Phi) is 6.35. The van der Waals surface area contributed by atoms with E-state index in [4.69, 9.17) is 0 Å².